The van der Waals surface area contributed by atoms with Crippen molar-refractivity contribution in [3.8, 4) is 0 Å². The molecular weight excluding hydrogens is 258 g/mol. The fourth-order valence-electron chi connectivity index (χ4n) is 0.768. The summed E-state index contributed by atoms with van der Waals surface area (Å²) in [5.74, 6) is -0.325. The Morgan fingerprint density at radius 3 is 2.60 bits per heavy atom. The molecule has 0 heterocycles. The largest absolute Gasteiger partial charge is 0.292 e. The summed E-state index contributed by atoms with van der Waals surface area (Å²) in [5.41, 5.74) is 3.09. The van der Waals surface area contributed by atoms with Crippen molar-refractivity contribution in [3.05, 3.63) is 28.2 Å². The van der Waals surface area contributed by atoms with Gasteiger partial charge in [0.1, 0.15) is 0 Å². The topological polar surface area (TPSA) is 41.5 Å². The van der Waals surface area contributed by atoms with Crippen LogP contribution in [0, 0.1) is 0 Å². The minimum atomic E-state index is -0.325. The van der Waals surface area contributed by atoms with Gasteiger partial charge in [-0.15, -0.1) is 0 Å². The summed E-state index contributed by atoms with van der Waals surface area (Å²) in [7, 11) is 0. The smallest absolute Gasteiger partial charge is 0.191 e. The van der Waals surface area contributed by atoms with Crippen molar-refractivity contribution >= 4 is 51.4 Å². The van der Waals surface area contributed by atoms with Gasteiger partial charge in [-0.3, -0.25) is 10.2 Å². The van der Waals surface area contributed by atoms with Crippen molar-refractivity contribution in [2.24, 2.45) is 5.10 Å². The van der Waals surface area contributed by atoms with Crippen molar-refractivity contribution < 1.29 is 4.79 Å². The van der Waals surface area contributed by atoms with Crippen LogP contribution >= 0.6 is 34.8 Å². The van der Waals surface area contributed by atoms with Gasteiger partial charge < -0.3 is 0 Å². The highest BCUT2D eigenvalue weighted by Gasteiger charge is 2.02. The highest BCUT2D eigenvalue weighted by Crippen LogP contribution is 2.25. The molecule has 0 aliphatic carbocycles. The van der Waals surface area contributed by atoms with E-state index in [1.165, 1.54) is 6.92 Å². The lowest BCUT2D eigenvalue weighted by Crippen LogP contribution is -2.04. The van der Waals surface area contributed by atoms with Crippen LogP contribution in [0.4, 0.5) is 5.69 Å². The predicted molar refractivity (Wildman–Crippen MR) is 64.1 cm³/mol. The number of halogens is 3. The predicted octanol–water partition coefficient (Wildman–Crippen LogP) is 3.55. The maximum atomic E-state index is 10.7. The van der Waals surface area contributed by atoms with E-state index in [1.54, 1.807) is 18.2 Å². The molecule has 80 valence electrons. The van der Waals surface area contributed by atoms with E-state index in [1.807, 2.05) is 0 Å². The van der Waals surface area contributed by atoms with E-state index in [-0.39, 0.29) is 11.0 Å². The molecule has 0 atom stereocenters. The van der Waals surface area contributed by atoms with Crippen LogP contribution in [0.25, 0.3) is 0 Å². The summed E-state index contributed by atoms with van der Waals surface area (Å²) in [6, 6.07) is 4.84. The molecule has 0 aromatic heterocycles. The van der Waals surface area contributed by atoms with Crippen molar-refractivity contribution in [2.45, 2.75) is 6.92 Å². The molecule has 1 aromatic rings. The maximum Gasteiger partial charge on any atom is 0.191 e. The molecule has 0 aliphatic heterocycles. The molecule has 0 bridgehead atoms. The molecule has 0 saturated heterocycles. The second-order valence-electron chi connectivity index (χ2n) is 2.69. The number of ketones is 1. The summed E-state index contributed by atoms with van der Waals surface area (Å²) >= 11 is 17.1. The van der Waals surface area contributed by atoms with E-state index >= 15 is 0 Å². The summed E-state index contributed by atoms with van der Waals surface area (Å²) < 4.78 is 0. The Morgan fingerprint density at radius 2 is 2.07 bits per heavy atom. The number of rotatable bonds is 3. The van der Waals surface area contributed by atoms with Gasteiger partial charge in [0, 0.05) is 11.9 Å². The van der Waals surface area contributed by atoms with Crippen molar-refractivity contribution in [1.82, 2.24) is 0 Å². The van der Waals surface area contributed by atoms with Crippen molar-refractivity contribution in [2.75, 3.05) is 5.43 Å². The van der Waals surface area contributed by atoms with E-state index in [9.17, 15) is 4.79 Å². The molecule has 3 nitrogen and oxygen atoms in total. The first kappa shape index (κ1) is 12.3. The molecular formula is C9H7Cl3N2O. The fourth-order valence-corrected chi connectivity index (χ4v) is 1.26. The second kappa shape index (κ2) is 5.35. The Hall–Kier alpha value is -0.770. The molecule has 0 radical (unpaired) electrons. The van der Waals surface area contributed by atoms with Crippen molar-refractivity contribution in [3.63, 3.8) is 0 Å². The van der Waals surface area contributed by atoms with E-state index in [2.05, 4.69) is 10.5 Å². The Bertz CT molecular complexity index is 418. The van der Waals surface area contributed by atoms with Crippen LogP contribution < -0.4 is 5.43 Å². The molecule has 0 unspecified atom stereocenters. The number of carbonyl (C=O) groups excluding carboxylic acids is 1. The number of carbonyl (C=O) groups is 1. The quantitative estimate of drug-likeness (QED) is 0.671. The van der Waals surface area contributed by atoms with Gasteiger partial charge in [-0.05, 0) is 18.2 Å². The van der Waals surface area contributed by atoms with Crippen LogP contribution in [0.2, 0.25) is 10.0 Å². The molecule has 0 spiro atoms. The van der Waals surface area contributed by atoms with Crippen molar-refractivity contribution in [1.29, 1.82) is 0 Å². The first-order chi connectivity index (χ1) is 7.00. The molecule has 0 amide bonds. The number of nitrogens with zero attached hydrogens (tertiary/aromatic N) is 1. The first-order valence-electron chi connectivity index (χ1n) is 3.96. The molecule has 15 heavy (non-hydrogen) atoms. The van der Waals surface area contributed by atoms with Gasteiger partial charge in [0.25, 0.3) is 0 Å². The third-order valence-corrected chi connectivity index (χ3v) is 2.39. The SMILES string of the molecule is CC(=O)C(Cl)=NNc1ccc(Cl)cc1Cl. The molecule has 0 fully saturated rings. The third kappa shape index (κ3) is 3.70. The summed E-state index contributed by atoms with van der Waals surface area (Å²) in [5, 5.41) is 4.42. The number of hydrazone groups is 1. The zero-order valence-electron chi connectivity index (χ0n) is 7.72. The third-order valence-electron chi connectivity index (χ3n) is 1.50. The Labute approximate surface area is 102 Å². The number of Topliss-reactive ketones (excluding diaryl/α,β-unsaturated/α-hetero) is 1. The Balaban J connectivity index is 2.82. The van der Waals surface area contributed by atoms with E-state index in [0.717, 1.165) is 0 Å². The van der Waals surface area contributed by atoms with Gasteiger partial charge >= 0.3 is 0 Å². The Morgan fingerprint density at radius 1 is 1.40 bits per heavy atom. The molecule has 6 heteroatoms. The standard InChI is InChI=1S/C9H7Cl3N2O/c1-5(15)9(12)14-13-8-3-2-6(10)4-7(8)11/h2-4,13H,1H3. The van der Waals surface area contributed by atoms with Crippen LogP contribution in [-0.4, -0.2) is 11.0 Å². The van der Waals surface area contributed by atoms with Gasteiger partial charge in [-0.1, -0.05) is 34.8 Å². The summed E-state index contributed by atoms with van der Waals surface area (Å²) in [6.45, 7) is 1.32. The number of benzene rings is 1. The van der Waals surface area contributed by atoms with Crippen LogP contribution in [0.3, 0.4) is 0 Å². The zero-order valence-corrected chi connectivity index (χ0v) is 9.99. The van der Waals surface area contributed by atoms with Gasteiger partial charge in [0.15, 0.2) is 11.0 Å². The number of nitrogens with one attached hydrogen (secondary N) is 1. The maximum absolute atomic E-state index is 10.7. The van der Waals surface area contributed by atoms with Gasteiger partial charge in [0.2, 0.25) is 0 Å². The highest BCUT2D eigenvalue weighted by atomic mass is 35.5. The normalized spacial score (nSPS) is 11.3. The number of anilines is 1. The monoisotopic (exact) mass is 264 g/mol. The summed E-state index contributed by atoms with van der Waals surface area (Å²) in [6.07, 6.45) is 0. The fraction of sp³-hybridized carbons (Fsp3) is 0.111. The average Bonchev–Trinajstić information content (AvgIpc) is 2.15. The van der Waals surface area contributed by atoms with Gasteiger partial charge in [-0.25, -0.2) is 0 Å². The van der Waals surface area contributed by atoms with E-state index in [4.69, 9.17) is 34.8 Å². The molecule has 0 saturated carbocycles. The first-order valence-corrected chi connectivity index (χ1v) is 5.09. The highest BCUT2D eigenvalue weighted by molar-refractivity contribution is 6.82. The lowest BCUT2D eigenvalue weighted by atomic mass is 10.3. The lowest BCUT2D eigenvalue weighted by molar-refractivity contribution is -0.110. The molecule has 1 aromatic carbocycles. The van der Waals surface area contributed by atoms with Gasteiger partial charge in [-0.2, -0.15) is 5.10 Å². The van der Waals surface area contributed by atoms with E-state index in [0.29, 0.717) is 15.7 Å². The zero-order chi connectivity index (χ0) is 11.4. The number of hydrogen-bond acceptors (Lipinski definition) is 3. The number of hydrogen-bond donors (Lipinski definition) is 1. The van der Waals surface area contributed by atoms with Crippen LogP contribution in [0.5, 0.6) is 0 Å². The average molecular weight is 266 g/mol. The minimum Gasteiger partial charge on any atom is -0.292 e. The molecule has 1 N–H and O–H groups in total. The lowest BCUT2D eigenvalue weighted by Gasteiger charge is -2.03. The van der Waals surface area contributed by atoms with Gasteiger partial charge in [0.05, 0.1) is 10.7 Å². The molecule has 1 rings (SSSR count). The minimum absolute atomic E-state index is 0.138. The van der Waals surface area contributed by atoms with Crippen LogP contribution in [-0.2, 0) is 4.79 Å². The molecule has 0 aliphatic rings. The Kier molecular flexibility index (Phi) is 4.39. The second-order valence-corrected chi connectivity index (χ2v) is 3.90. The summed E-state index contributed by atoms with van der Waals surface area (Å²) in [4.78, 5) is 10.7. The van der Waals surface area contributed by atoms with E-state index < -0.39 is 0 Å². The van der Waals surface area contributed by atoms with Crippen LogP contribution in [0.1, 0.15) is 6.92 Å². The van der Waals surface area contributed by atoms with Crippen LogP contribution in [0.15, 0.2) is 23.3 Å².